The first-order chi connectivity index (χ1) is 33.0. The Morgan fingerprint density at radius 1 is 0.299 bits per heavy atom. The van der Waals surface area contributed by atoms with Gasteiger partial charge in [-0.25, -0.2) is 0 Å². The van der Waals surface area contributed by atoms with Crippen LogP contribution in [0.3, 0.4) is 0 Å². The molecule has 0 N–H and O–H groups in total. The lowest BCUT2D eigenvalue weighted by atomic mass is 10.0. The smallest absolute Gasteiger partial charge is 0.306 e. The summed E-state index contributed by atoms with van der Waals surface area (Å²) in [5.41, 5.74) is 0. The average Bonchev–Trinajstić information content (AvgIpc) is 3.33. The van der Waals surface area contributed by atoms with Gasteiger partial charge in [0.15, 0.2) is 6.10 Å². The lowest BCUT2D eigenvalue weighted by molar-refractivity contribution is -0.167. The summed E-state index contributed by atoms with van der Waals surface area (Å²) in [6, 6.07) is 0. The number of carbonyl (C=O) groups is 3. The third kappa shape index (κ3) is 54.4. The Hall–Kier alpha value is -2.37. The number of rotatable bonds is 54. The molecule has 0 aliphatic rings. The zero-order valence-electron chi connectivity index (χ0n) is 44.9. The van der Waals surface area contributed by atoms with Gasteiger partial charge in [0.2, 0.25) is 0 Å². The summed E-state index contributed by atoms with van der Waals surface area (Å²) in [7, 11) is 0. The molecule has 0 spiro atoms. The summed E-state index contributed by atoms with van der Waals surface area (Å²) in [5, 5.41) is 0. The second-order valence-corrected chi connectivity index (χ2v) is 19.9. The lowest BCUT2D eigenvalue weighted by Crippen LogP contribution is -2.30. The van der Waals surface area contributed by atoms with Gasteiger partial charge < -0.3 is 14.2 Å². The molecule has 0 aliphatic heterocycles. The van der Waals surface area contributed by atoms with Crippen LogP contribution in [0.2, 0.25) is 0 Å². The van der Waals surface area contributed by atoms with Crippen molar-refractivity contribution in [3.63, 3.8) is 0 Å². The fourth-order valence-electron chi connectivity index (χ4n) is 8.69. The van der Waals surface area contributed by atoms with Crippen LogP contribution < -0.4 is 0 Å². The highest BCUT2D eigenvalue weighted by molar-refractivity contribution is 5.71. The molecule has 67 heavy (non-hydrogen) atoms. The van der Waals surface area contributed by atoms with Gasteiger partial charge >= 0.3 is 17.9 Å². The van der Waals surface area contributed by atoms with Crippen LogP contribution in [-0.2, 0) is 28.6 Å². The first-order valence-corrected chi connectivity index (χ1v) is 29.5. The van der Waals surface area contributed by atoms with Gasteiger partial charge in [-0.15, -0.1) is 0 Å². The molecule has 0 radical (unpaired) electrons. The van der Waals surface area contributed by atoms with E-state index in [0.29, 0.717) is 19.3 Å². The van der Waals surface area contributed by atoms with Crippen LogP contribution >= 0.6 is 0 Å². The number of carbonyl (C=O) groups excluding carboxylic acids is 3. The van der Waals surface area contributed by atoms with Crippen LogP contribution in [0, 0.1) is 0 Å². The highest BCUT2D eigenvalue weighted by atomic mass is 16.6. The molecule has 1 atom stereocenters. The maximum absolute atomic E-state index is 12.9. The second kappa shape index (κ2) is 56.2. The summed E-state index contributed by atoms with van der Waals surface area (Å²) < 4.78 is 16.9. The fourth-order valence-corrected chi connectivity index (χ4v) is 8.69. The molecule has 0 bridgehead atoms. The molecule has 0 aromatic heterocycles. The van der Waals surface area contributed by atoms with Crippen molar-refractivity contribution in [2.24, 2.45) is 0 Å². The molecule has 0 aromatic rings. The minimum Gasteiger partial charge on any atom is -0.462 e. The van der Waals surface area contributed by atoms with E-state index in [1.807, 2.05) is 0 Å². The molecule has 0 saturated heterocycles. The molecule has 0 amide bonds. The zero-order valence-corrected chi connectivity index (χ0v) is 44.9. The predicted octanol–water partition coefficient (Wildman–Crippen LogP) is 19.7. The van der Waals surface area contributed by atoms with E-state index in [4.69, 9.17) is 14.2 Å². The largest absolute Gasteiger partial charge is 0.462 e. The van der Waals surface area contributed by atoms with Crippen molar-refractivity contribution in [3.05, 3.63) is 36.5 Å². The van der Waals surface area contributed by atoms with Crippen molar-refractivity contribution in [3.8, 4) is 0 Å². The first kappa shape index (κ1) is 64.6. The molecule has 0 fully saturated rings. The van der Waals surface area contributed by atoms with Gasteiger partial charge in [0, 0.05) is 19.3 Å². The predicted molar refractivity (Wildman–Crippen MR) is 289 cm³/mol. The highest BCUT2D eigenvalue weighted by Crippen LogP contribution is 2.17. The van der Waals surface area contributed by atoms with Gasteiger partial charge in [0.05, 0.1) is 0 Å². The number of esters is 3. The van der Waals surface area contributed by atoms with E-state index in [1.165, 1.54) is 205 Å². The Balaban J connectivity index is 4.36. The Morgan fingerprint density at radius 3 is 0.866 bits per heavy atom. The van der Waals surface area contributed by atoms with Gasteiger partial charge in [0.25, 0.3) is 0 Å². The summed E-state index contributed by atoms with van der Waals surface area (Å²) >= 11 is 0. The third-order valence-electron chi connectivity index (χ3n) is 13.1. The lowest BCUT2D eigenvalue weighted by Gasteiger charge is -2.18. The Labute approximate surface area is 416 Å². The van der Waals surface area contributed by atoms with Crippen molar-refractivity contribution in [1.29, 1.82) is 0 Å². The SMILES string of the molecule is CCCCC/C=C\C/C=C\C/C=C\CCCCC(=O)OC[C@H](COC(=O)CCCCCCCCCCCCCCCCCCCC)OC(=O)CCCCCCCCCCCCCCCCCC. The van der Waals surface area contributed by atoms with E-state index in [2.05, 4.69) is 57.2 Å². The molecule has 0 heterocycles. The number of ether oxygens (including phenoxy) is 3. The standard InChI is InChI=1S/C61H112O6/c1-4-7-10-13-16-19-22-25-28-30-31-34-36-39-42-45-48-51-54-60(63)66-57-58(56-65-59(62)53-50-47-44-41-38-35-32-27-24-21-18-15-12-9-6-3)67-61(64)55-52-49-46-43-40-37-33-29-26-23-20-17-14-11-8-5-2/h18,21,27,32,38,41,58H,4-17,19-20,22-26,28-31,33-37,39-40,42-57H2,1-3H3/b21-18-,32-27-,41-38-/t58-/m1/s1. The summed E-state index contributed by atoms with van der Waals surface area (Å²) in [6.45, 7) is 6.63. The van der Waals surface area contributed by atoms with E-state index >= 15 is 0 Å². The Kier molecular flexibility index (Phi) is 54.2. The normalized spacial score (nSPS) is 12.2. The van der Waals surface area contributed by atoms with Crippen molar-refractivity contribution < 1.29 is 28.6 Å². The molecule has 0 aliphatic carbocycles. The van der Waals surface area contributed by atoms with Crippen molar-refractivity contribution in [2.45, 2.75) is 322 Å². The van der Waals surface area contributed by atoms with Gasteiger partial charge in [-0.05, 0) is 57.8 Å². The maximum Gasteiger partial charge on any atom is 0.306 e. The minimum atomic E-state index is -0.783. The number of allylic oxidation sites excluding steroid dienone is 6. The van der Waals surface area contributed by atoms with Gasteiger partial charge in [-0.1, -0.05) is 276 Å². The van der Waals surface area contributed by atoms with E-state index in [-0.39, 0.29) is 31.1 Å². The first-order valence-electron chi connectivity index (χ1n) is 29.5. The summed E-state index contributed by atoms with van der Waals surface area (Å²) in [5.74, 6) is -0.898. The van der Waals surface area contributed by atoms with E-state index in [0.717, 1.165) is 70.6 Å². The third-order valence-corrected chi connectivity index (χ3v) is 13.1. The summed E-state index contributed by atoms with van der Waals surface area (Å²) in [6.07, 6.45) is 67.1. The molecule has 6 nitrogen and oxygen atoms in total. The average molecular weight is 942 g/mol. The molecule has 0 rings (SSSR count). The number of unbranched alkanes of at least 4 members (excludes halogenated alkanes) is 37. The second-order valence-electron chi connectivity index (χ2n) is 19.9. The van der Waals surface area contributed by atoms with E-state index in [9.17, 15) is 14.4 Å². The van der Waals surface area contributed by atoms with Crippen LogP contribution in [0.4, 0.5) is 0 Å². The van der Waals surface area contributed by atoms with Gasteiger partial charge in [-0.2, -0.15) is 0 Å². The number of hydrogen-bond donors (Lipinski definition) is 0. The van der Waals surface area contributed by atoms with Crippen molar-refractivity contribution >= 4 is 17.9 Å². The topological polar surface area (TPSA) is 78.9 Å². The van der Waals surface area contributed by atoms with Crippen molar-refractivity contribution in [1.82, 2.24) is 0 Å². The Bertz CT molecular complexity index is 1130. The fraction of sp³-hybridized carbons (Fsp3) is 0.852. The molecule has 6 heteroatoms. The quantitative estimate of drug-likeness (QED) is 0.0262. The van der Waals surface area contributed by atoms with Crippen LogP contribution in [-0.4, -0.2) is 37.2 Å². The Morgan fingerprint density at radius 2 is 0.537 bits per heavy atom. The molecular weight excluding hydrogens is 829 g/mol. The zero-order chi connectivity index (χ0) is 48.6. The molecule has 392 valence electrons. The molecular formula is C61H112O6. The van der Waals surface area contributed by atoms with Crippen LogP contribution in [0.25, 0.3) is 0 Å². The van der Waals surface area contributed by atoms with E-state index in [1.54, 1.807) is 0 Å². The highest BCUT2D eigenvalue weighted by Gasteiger charge is 2.19. The van der Waals surface area contributed by atoms with Gasteiger partial charge in [0.1, 0.15) is 13.2 Å². The molecule has 0 saturated carbocycles. The maximum atomic E-state index is 12.9. The van der Waals surface area contributed by atoms with Gasteiger partial charge in [-0.3, -0.25) is 14.4 Å². The monoisotopic (exact) mass is 941 g/mol. The van der Waals surface area contributed by atoms with Crippen LogP contribution in [0.1, 0.15) is 316 Å². The molecule has 0 unspecified atom stereocenters. The van der Waals surface area contributed by atoms with Crippen LogP contribution in [0.5, 0.6) is 0 Å². The summed E-state index contributed by atoms with van der Waals surface area (Å²) in [4.78, 5) is 38.2. The number of hydrogen-bond acceptors (Lipinski definition) is 6. The minimum absolute atomic E-state index is 0.0790. The molecule has 0 aromatic carbocycles. The van der Waals surface area contributed by atoms with Crippen LogP contribution in [0.15, 0.2) is 36.5 Å². The van der Waals surface area contributed by atoms with E-state index < -0.39 is 6.10 Å². The van der Waals surface area contributed by atoms with Crippen molar-refractivity contribution in [2.75, 3.05) is 13.2 Å².